The number of amides is 1. The van der Waals surface area contributed by atoms with E-state index >= 15 is 0 Å². The lowest BCUT2D eigenvalue weighted by molar-refractivity contribution is 0.0693. The van der Waals surface area contributed by atoms with Crippen LogP contribution in [-0.4, -0.2) is 27.2 Å². The molecule has 0 radical (unpaired) electrons. The SMILES string of the molecule is O=C(NC(=S)Nc1ccc(C(=O)O)c(O)c1)c1cccc(Br)c1. The van der Waals surface area contributed by atoms with Crippen LogP contribution < -0.4 is 10.6 Å². The molecule has 0 bridgehead atoms. The van der Waals surface area contributed by atoms with Gasteiger partial charge in [0.1, 0.15) is 11.3 Å². The van der Waals surface area contributed by atoms with Crippen molar-refractivity contribution in [2.75, 3.05) is 5.32 Å². The molecule has 0 aromatic heterocycles. The number of anilines is 1. The van der Waals surface area contributed by atoms with Gasteiger partial charge in [0.2, 0.25) is 0 Å². The highest BCUT2D eigenvalue weighted by Gasteiger charge is 2.11. The first-order valence-electron chi connectivity index (χ1n) is 6.31. The van der Waals surface area contributed by atoms with Crippen LogP contribution in [0.2, 0.25) is 0 Å². The number of benzene rings is 2. The van der Waals surface area contributed by atoms with Crippen LogP contribution in [0.1, 0.15) is 20.7 Å². The number of carbonyl (C=O) groups is 2. The Hall–Kier alpha value is -2.45. The van der Waals surface area contributed by atoms with E-state index in [0.29, 0.717) is 11.3 Å². The first-order valence-corrected chi connectivity index (χ1v) is 7.51. The number of aromatic hydroxyl groups is 1. The Morgan fingerprint density at radius 2 is 1.87 bits per heavy atom. The summed E-state index contributed by atoms with van der Waals surface area (Å²) in [5, 5.41) is 23.7. The zero-order valence-corrected chi connectivity index (χ0v) is 13.9. The normalized spacial score (nSPS) is 9.96. The molecule has 0 fully saturated rings. The molecule has 23 heavy (non-hydrogen) atoms. The summed E-state index contributed by atoms with van der Waals surface area (Å²) in [7, 11) is 0. The van der Waals surface area contributed by atoms with E-state index in [9.17, 15) is 14.7 Å². The van der Waals surface area contributed by atoms with Crippen LogP contribution in [0.25, 0.3) is 0 Å². The second kappa shape index (κ2) is 7.21. The fourth-order valence-corrected chi connectivity index (χ4v) is 2.37. The molecular formula is C15H11BrN2O4S. The van der Waals surface area contributed by atoms with Crippen LogP contribution in [-0.2, 0) is 0 Å². The summed E-state index contributed by atoms with van der Waals surface area (Å²) in [6.07, 6.45) is 0. The number of thiocarbonyl (C=S) groups is 1. The number of carbonyl (C=O) groups excluding carboxylic acids is 1. The molecule has 0 aliphatic carbocycles. The zero-order valence-electron chi connectivity index (χ0n) is 11.5. The summed E-state index contributed by atoms with van der Waals surface area (Å²) in [5.74, 6) is -2.03. The maximum absolute atomic E-state index is 12.0. The first-order chi connectivity index (χ1) is 10.9. The lowest BCUT2D eigenvalue weighted by atomic mass is 10.2. The van der Waals surface area contributed by atoms with Crippen molar-refractivity contribution in [3.05, 3.63) is 58.1 Å². The van der Waals surface area contributed by atoms with Crippen molar-refractivity contribution in [1.29, 1.82) is 0 Å². The summed E-state index contributed by atoms with van der Waals surface area (Å²) in [5.41, 5.74) is 0.555. The largest absolute Gasteiger partial charge is 0.507 e. The minimum atomic E-state index is -1.24. The molecular weight excluding hydrogens is 384 g/mol. The monoisotopic (exact) mass is 394 g/mol. The van der Waals surface area contributed by atoms with Crippen LogP contribution in [0.15, 0.2) is 46.9 Å². The molecule has 4 N–H and O–H groups in total. The van der Waals surface area contributed by atoms with Gasteiger partial charge in [0.05, 0.1) is 0 Å². The number of hydrogen-bond donors (Lipinski definition) is 4. The van der Waals surface area contributed by atoms with Crippen LogP contribution in [0.5, 0.6) is 5.75 Å². The summed E-state index contributed by atoms with van der Waals surface area (Å²) < 4.78 is 0.762. The highest BCUT2D eigenvalue weighted by Crippen LogP contribution is 2.21. The van der Waals surface area contributed by atoms with E-state index in [-0.39, 0.29) is 10.7 Å². The van der Waals surface area contributed by atoms with Crippen molar-refractivity contribution in [2.24, 2.45) is 0 Å². The van der Waals surface area contributed by atoms with Crippen molar-refractivity contribution in [3.8, 4) is 5.75 Å². The number of carboxylic acids is 1. The van der Waals surface area contributed by atoms with E-state index in [1.165, 1.54) is 18.2 Å². The maximum Gasteiger partial charge on any atom is 0.339 e. The number of aromatic carboxylic acids is 1. The van der Waals surface area contributed by atoms with Gasteiger partial charge in [-0.15, -0.1) is 0 Å². The molecule has 8 heteroatoms. The van der Waals surface area contributed by atoms with E-state index in [2.05, 4.69) is 26.6 Å². The minimum Gasteiger partial charge on any atom is -0.507 e. The molecule has 0 spiro atoms. The second-order valence-corrected chi connectivity index (χ2v) is 5.78. The lowest BCUT2D eigenvalue weighted by Crippen LogP contribution is -2.34. The third-order valence-corrected chi connectivity index (χ3v) is 3.50. The summed E-state index contributed by atoms with van der Waals surface area (Å²) >= 11 is 8.29. The molecule has 0 unspecified atom stereocenters. The molecule has 0 heterocycles. The van der Waals surface area contributed by atoms with Gasteiger partial charge in [0.15, 0.2) is 5.11 Å². The van der Waals surface area contributed by atoms with Crippen molar-refractivity contribution < 1.29 is 19.8 Å². The molecule has 2 aromatic carbocycles. The van der Waals surface area contributed by atoms with Gasteiger partial charge >= 0.3 is 5.97 Å². The van der Waals surface area contributed by atoms with E-state index in [4.69, 9.17) is 17.3 Å². The van der Waals surface area contributed by atoms with Gasteiger partial charge in [0, 0.05) is 21.8 Å². The number of nitrogens with one attached hydrogen (secondary N) is 2. The fraction of sp³-hybridized carbons (Fsp3) is 0. The Bertz CT molecular complexity index is 795. The summed E-state index contributed by atoms with van der Waals surface area (Å²) in [6, 6.07) is 10.7. The molecule has 2 aromatic rings. The van der Waals surface area contributed by atoms with Gasteiger partial charge in [-0.1, -0.05) is 22.0 Å². The predicted molar refractivity (Wildman–Crippen MR) is 92.9 cm³/mol. The number of hydrogen-bond acceptors (Lipinski definition) is 4. The molecule has 2 rings (SSSR count). The Morgan fingerprint density at radius 1 is 1.13 bits per heavy atom. The molecule has 1 amide bonds. The Labute approximate surface area is 145 Å². The standard InChI is InChI=1S/C15H11BrN2O4S/c16-9-3-1-2-8(6-9)13(20)18-15(23)17-10-4-5-11(14(21)22)12(19)7-10/h1-7,19H,(H,21,22)(H2,17,18,20,23). The Balaban J connectivity index is 2.03. The smallest absolute Gasteiger partial charge is 0.339 e. The number of phenols is 1. The number of halogens is 1. The van der Waals surface area contributed by atoms with Crippen LogP contribution in [0.4, 0.5) is 5.69 Å². The molecule has 0 saturated heterocycles. The van der Waals surface area contributed by atoms with Gasteiger partial charge in [-0.05, 0) is 42.5 Å². The average Bonchev–Trinajstić information content (AvgIpc) is 2.46. The van der Waals surface area contributed by atoms with Gasteiger partial charge in [0.25, 0.3) is 5.91 Å². The van der Waals surface area contributed by atoms with E-state index < -0.39 is 17.6 Å². The van der Waals surface area contributed by atoms with E-state index in [0.717, 1.165) is 4.47 Å². The predicted octanol–water partition coefficient (Wildman–Crippen LogP) is 2.98. The third kappa shape index (κ3) is 4.51. The Kier molecular flexibility index (Phi) is 5.30. The van der Waals surface area contributed by atoms with E-state index in [1.54, 1.807) is 24.3 Å². The summed E-state index contributed by atoms with van der Waals surface area (Å²) in [6.45, 7) is 0. The summed E-state index contributed by atoms with van der Waals surface area (Å²) in [4.78, 5) is 22.8. The van der Waals surface area contributed by atoms with Gasteiger partial charge in [-0.25, -0.2) is 4.79 Å². The van der Waals surface area contributed by atoms with Crippen molar-refractivity contribution in [3.63, 3.8) is 0 Å². The molecule has 0 saturated carbocycles. The number of carboxylic acid groups (broad SMARTS) is 1. The lowest BCUT2D eigenvalue weighted by Gasteiger charge is -2.10. The van der Waals surface area contributed by atoms with Crippen molar-refractivity contribution >= 4 is 50.8 Å². The van der Waals surface area contributed by atoms with Crippen LogP contribution >= 0.6 is 28.1 Å². The fourth-order valence-electron chi connectivity index (χ4n) is 1.76. The van der Waals surface area contributed by atoms with Crippen molar-refractivity contribution in [1.82, 2.24) is 5.32 Å². The molecule has 0 aliphatic rings. The Morgan fingerprint density at radius 3 is 2.48 bits per heavy atom. The van der Waals surface area contributed by atoms with Gasteiger partial charge in [-0.2, -0.15) is 0 Å². The zero-order chi connectivity index (χ0) is 17.0. The molecule has 6 nitrogen and oxygen atoms in total. The first kappa shape index (κ1) is 16.9. The topological polar surface area (TPSA) is 98.7 Å². The van der Waals surface area contributed by atoms with Crippen LogP contribution in [0, 0.1) is 0 Å². The highest BCUT2D eigenvalue weighted by atomic mass is 79.9. The van der Waals surface area contributed by atoms with Gasteiger partial charge < -0.3 is 15.5 Å². The maximum atomic E-state index is 12.0. The average molecular weight is 395 g/mol. The molecule has 118 valence electrons. The molecule has 0 atom stereocenters. The minimum absolute atomic E-state index is 0.0254. The second-order valence-electron chi connectivity index (χ2n) is 4.46. The highest BCUT2D eigenvalue weighted by molar-refractivity contribution is 9.10. The van der Waals surface area contributed by atoms with Crippen molar-refractivity contribution in [2.45, 2.75) is 0 Å². The molecule has 0 aliphatic heterocycles. The quantitative estimate of drug-likeness (QED) is 0.597. The van der Waals surface area contributed by atoms with Gasteiger partial charge in [-0.3, -0.25) is 10.1 Å². The number of rotatable bonds is 3. The van der Waals surface area contributed by atoms with Crippen LogP contribution in [0.3, 0.4) is 0 Å². The third-order valence-electron chi connectivity index (χ3n) is 2.80. The van der Waals surface area contributed by atoms with E-state index in [1.807, 2.05) is 0 Å².